The second-order valence-electron chi connectivity index (χ2n) is 6.78. The third-order valence-corrected chi connectivity index (χ3v) is 4.98. The van der Waals surface area contributed by atoms with Crippen molar-refractivity contribution < 1.29 is 9.59 Å². The number of fused-ring (bicyclic) bond motifs is 1. The first kappa shape index (κ1) is 16.8. The van der Waals surface area contributed by atoms with Crippen molar-refractivity contribution in [1.82, 2.24) is 15.5 Å². The average Bonchev–Trinajstić information content (AvgIpc) is 2.56. The van der Waals surface area contributed by atoms with Crippen LogP contribution in [0.2, 0.25) is 0 Å². The molecule has 1 fully saturated rings. The summed E-state index contributed by atoms with van der Waals surface area (Å²) in [6, 6.07) is 8.52. The van der Waals surface area contributed by atoms with Crippen molar-refractivity contribution in [3.63, 3.8) is 0 Å². The highest BCUT2D eigenvalue weighted by molar-refractivity contribution is 5.76. The first-order valence-electron chi connectivity index (χ1n) is 8.77. The molecule has 0 aromatic heterocycles. The summed E-state index contributed by atoms with van der Waals surface area (Å²) in [7, 11) is 0. The van der Waals surface area contributed by atoms with Gasteiger partial charge in [-0.2, -0.15) is 0 Å². The zero-order valence-electron chi connectivity index (χ0n) is 14.0. The largest absolute Gasteiger partial charge is 0.369 e. The fraction of sp³-hybridized carbons (Fsp3) is 0.556. The van der Waals surface area contributed by atoms with Gasteiger partial charge in [0.25, 0.3) is 0 Å². The number of carbonyl (C=O) groups is 2. The number of piperidine rings is 1. The van der Waals surface area contributed by atoms with Crippen molar-refractivity contribution >= 4 is 11.9 Å². The zero-order valence-corrected chi connectivity index (χ0v) is 14.0. The van der Waals surface area contributed by atoms with Gasteiger partial charge in [-0.3, -0.25) is 9.69 Å². The van der Waals surface area contributed by atoms with E-state index in [9.17, 15) is 9.59 Å². The van der Waals surface area contributed by atoms with Gasteiger partial charge in [0.1, 0.15) is 0 Å². The number of likely N-dealkylation sites (tertiary alicyclic amines) is 1. The fourth-order valence-corrected chi connectivity index (χ4v) is 3.74. The Hall–Kier alpha value is -2.08. The molecular weight excluding hydrogens is 304 g/mol. The molecule has 0 radical (unpaired) electrons. The number of rotatable bonds is 4. The number of hydrogen-bond acceptors (Lipinski definition) is 3. The van der Waals surface area contributed by atoms with Crippen molar-refractivity contribution in [2.45, 2.75) is 44.2 Å². The number of urea groups is 1. The molecular formula is C18H26N4O2. The molecule has 3 rings (SSSR count). The monoisotopic (exact) mass is 330 g/mol. The zero-order chi connectivity index (χ0) is 16.9. The molecule has 1 aromatic carbocycles. The first-order valence-corrected chi connectivity index (χ1v) is 8.77. The fourth-order valence-electron chi connectivity index (χ4n) is 3.74. The van der Waals surface area contributed by atoms with E-state index >= 15 is 0 Å². The smallest absolute Gasteiger partial charge is 0.315 e. The maximum absolute atomic E-state index is 12.3. The van der Waals surface area contributed by atoms with E-state index < -0.39 is 0 Å². The molecule has 0 saturated carbocycles. The number of nitrogens with zero attached hydrogens (tertiary/aromatic N) is 1. The predicted molar refractivity (Wildman–Crippen MR) is 92.4 cm³/mol. The standard InChI is InChI=1S/C18H26N4O2/c19-17(23)12-22-10-8-14(9-11-22)20-18(24)21-16-7-3-5-13-4-1-2-6-15(13)16/h1-2,4,6,14,16H,3,5,7-12H2,(H2,19,23)(H2,20,21,24). The summed E-state index contributed by atoms with van der Waals surface area (Å²) in [5.74, 6) is -0.296. The molecule has 130 valence electrons. The number of benzene rings is 1. The van der Waals surface area contributed by atoms with E-state index in [1.807, 2.05) is 11.0 Å². The van der Waals surface area contributed by atoms with E-state index in [1.54, 1.807) is 0 Å². The second-order valence-corrected chi connectivity index (χ2v) is 6.78. The molecule has 0 spiro atoms. The third-order valence-electron chi connectivity index (χ3n) is 4.98. The Labute approximate surface area is 142 Å². The Morgan fingerprint density at radius 3 is 2.62 bits per heavy atom. The van der Waals surface area contributed by atoms with Crippen LogP contribution >= 0.6 is 0 Å². The molecule has 24 heavy (non-hydrogen) atoms. The van der Waals surface area contributed by atoms with Crippen LogP contribution in [-0.2, 0) is 11.2 Å². The number of aryl methyl sites for hydroxylation is 1. The minimum absolute atomic E-state index is 0.0925. The van der Waals surface area contributed by atoms with Gasteiger partial charge >= 0.3 is 6.03 Å². The number of nitrogens with two attached hydrogens (primary N) is 1. The van der Waals surface area contributed by atoms with Crippen molar-refractivity contribution in [3.05, 3.63) is 35.4 Å². The summed E-state index contributed by atoms with van der Waals surface area (Å²) < 4.78 is 0. The summed E-state index contributed by atoms with van der Waals surface area (Å²) in [6.07, 6.45) is 4.88. The van der Waals surface area contributed by atoms with Crippen molar-refractivity contribution in [2.75, 3.05) is 19.6 Å². The van der Waals surface area contributed by atoms with E-state index in [-0.39, 0.29) is 24.0 Å². The molecule has 1 heterocycles. The van der Waals surface area contributed by atoms with Crippen molar-refractivity contribution in [1.29, 1.82) is 0 Å². The van der Waals surface area contributed by atoms with Gasteiger partial charge in [0.05, 0.1) is 12.6 Å². The Balaban J connectivity index is 1.48. The molecule has 6 heteroatoms. The highest BCUT2D eigenvalue weighted by Crippen LogP contribution is 2.29. The van der Waals surface area contributed by atoms with E-state index in [4.69, 9.17) is 5.73 Å². The summed E-state index contributed by atoms with van der Waals surface area (Å²) in [6.45, 7) is 1.89. The lowest BCUT2D eigenvalue weighted by Crippen LogP contribution is -2.49. The van der Waals surface area contributed by atoms with Gasteiger partial charge in [-0.25, -0.2) is 4.79 Å². The van der Waals surface area contributed by atoms with Gasteiger partial charge < -0.3 is 16.4 Å². The summed E-state index contributed by atoms with van der Waals surface area (Å²) in [5.41, 5.74) is 7.81. The average molecular weight is 330 g/mol. The van der Waals surface area contributed by atoms with Crippen LogP contribution in [0, 0.1) is 0 Å². The van der Waals surface area contributed by atoms with Crippen molar-refractivity contribution in [2.24, 2.45) is 5.73 Å². The second kappa shape index (κ2) is 7.66. The van der Waals surface area contributed by atoms with E-state index in [0.29, 0.717) is 6.54 Å². The minimum Gasteiger partial charge on any atom is -0.369 e. The highest BCUT2D eigenvalue weighted by atomic mass is 16.2. The molecule has 1 aliphatic heterocycles. The van der Waals surface area contributed by atoms with Crippen LogP contribution in [0.4, 0.5) is 4.79 Å². The molecule has 1 atom stereocenters. The maximum Gasteiger partial charge on any atom is 0.315 e. The summed E-state index contributed by atoms with van der Waals surface area (Å²) >= 11 is 0. The molecule has 3 amide bonds. The molecule has 0 bridgehead atoms. The lowest BCUT2D eigenvalue weighted by Gasteiger charge is -2.32. The molecule has 1 unspecified atom stereocenters. The molecule has 2 aliphatic rings. The number of primary amides is 1. The Morgan fingerprint density at radius 1 is 1.12 bits per heavy atom. The van der Waals surface area contributed by atoms with Crippen LogP contribution in [0.15, 0.2) is 24.3 Å². The van der Waals surface area contributed by atoms with Crippen molar-refractivity contribution in [3.8, 4) is 0 Å². The number of hydrogen-bond donors (Lipinski definition) is 3. The van der Waals surface area contributed by atoms with Crippen LogP contribution in [-0.4, -0.2) is 42.5 Å². The Bertz CT molecular complexity index is 596. The lowest BCUT2D eigenvalue weighted by atomic mass is 9.88. The number of carbonyl (C=O) groups excluding carboxylic acids is 2. The van der Waals surface area contributed by atoms with E-state index in [2.05, 4.69) is 28.8 Å². The molecule has 1 saturated heterocycles. The third kappa shape index (κ3) is 4.26. The Morgan fingerprint density at radius 2 is 1.88 bits per heavy atom. The first-order chi connectivity index (χ1) is 11.6. The van der Waals surface area contributed by atoms with Crippen LogP contribution in [0.25, 0.3) is 0 Å². The quantitative estimate of drug-likeness (QED) is 0.778. The molecule has 1 aliphatic carbocycles. The van der Waals surface area contributed by atoms with E-state index in [1.165, 1.54) is 11.1 Å². The predicted octanol–water partition coefficient (Wildman–Crippen LogP) is 1.31. The number of amides is 3. The van der Waals surface area contributed by atoms with Crippen LogP contribution in [0.5, 0.6) is 0 Å². The SMILES string of the molecule is NC(=O)CN1CCC(NC(=O)NC2CCCc3ccccc32)CC1. The van der Waals surface area contributed by atoms with Gasteiger partial charge in [0, 0.05) is 19.1 Å². The summed E-state index contributed by atoms with van der Waals surface area (Å²) in [5, 5.41) is 6.21. The van der Waals surface area contributed by atoms with Crippen LogP contribution < -0.4 is 16.4 Å². The topological polar surface area (TPSA) is 87.5 Å². The van der Waals surface area contributed by atoms with Gasteiger partial charge in [0.2, 0.25) is 5.91 Å². The van der Waals surface area contributed by atoms with Gasteiger partial charge in [-0.05, 0) is 43.2 Å². The highest BCUT2D eigenvalue weighted by Gasteiger charge is 2.24. The van der Waals surface area contributed by atoms with Gasteiger partial charge in [0.15, 0.2) is 0 Å². The molecule has 1 aromatic rings. The molecule has 6 nitrogen and oxygen atoms in total. The summed E-state index contributed by atoms with van der Waals surface area (Å²) in [4.78, 5) is 25.3. The minimum atomic E-state index is -0.296. The van der Waals surface area contributed by atoms with Crippen LogP contribution in [0.1, 0.15) is 42.9 Å². The Kier molecular flexibility index (Phi) is 5.35. The molecule has 4 N–H and O–H groups in total. The maximum atomic E-state index is 12.3. The van der Waals surface area contributed by atoms with Crippen LogP contribution in [0.3, 0.4) is 0 Å². The lowest BCUT2D eigenvalue weighted by molar-refractivity contribution is -0.119. The van der Waals surface area contributed by atoms with Gasteiger partial charge in [-0.15, -0.1) is 0 Å². The normalized spacial score (nSPS) is 21.8. The number of nitrogens with one attached hydrogen (secondary N) is 2. The van der Waals surface area contributed by atoms with E-state index in [0.717, 1.165) is 45.2 Å². The van der Waals surface area contributed by atoms with Gasteiger partial charge in [-0.1, -0.05) is 24.3 Å².